The van der Waals surface area contributed by atoms with Gasteiger partial charge >= 0.3 is 12.1 Å². The average Bonchev–Trinajstić information content (AvgIpc) is 1.74. The predicted octanol–water partition coefficient (Wildman–Crippen LogP) is 12.8. The third-order valence-electron chi connectivity index (χ3n) is 17.1. The van der Waals surface area contributed by atoms with Crippen molar-refractivity contribution >= 4 is 99.3 Å². The third-order valence-corrected chi connectivity index (χ3v) is 17.7. The number of carbonyl (C=O) groups is 9. The van der Waals surface area contributed by atoms with Crippen molar-refractivity contribution in [1.82, 2.24) is 14.7 Å². The molecule has 5 aromatic rings. The molecule has 1 saturated carbocycles. The van der Waals surface area contributed by atoms with Gasteiger partial charge < -0.3 is 35.1 Å². The molecule has 21 heteroatoms. The smallest absolute Gasteiger partial charge is 0.418 e. The number of ketones is 1. The number of urea groups is 1. The Hall–Kier alpha value is -8.13. The number of halogens is 2. The van der Waals surface area contributed by atoms with Crippen molar-refractivity contribution < 1.29 is 57.4 Å². The van der Waals surface area contributed by atoms with Crippen LogP contribution >= 0.6 is 23.2 Å². The molecule has 89 heavy (non-hydrogen) atoms. The lowest BCUT2D eigenvalue weighted by molar-refractivity contribution is -0.149. The van der Waals surface area contributed by atoms with Gasteiger partial charge in [-0.2, -0.15) is 0 Å². The lowest BCUT2D eigenvalue weighted by Gasteiger charge is -2.31. The molecule has 3 fully saturated rings. The number of rotatable bonds is 24. The standard InChI is InChI=1S/C46H59ClN4O7.C22H22ClN3O5/c1-10-35(58-36-23-20-30(44(6,7)11-2)26-32(36)45(8,9)12-3)39(53)48-31-21-22-33(47)34(27-31)49-40(54)37(38(52)46(13-4)24-25-46)51-41(55)42(57-14-5)50(43(51)56)28-29-18-16-15-17-19-29;1-13-10-11-15(23)16(12-13)24-18(27)17(26-20(29)22(2,3)31-21(26)30)19(28)25(4)14-8-6-5-7-9-14/h15-23,26-27,35,37,42H,10-14,24-25,28H2,1-9H3,(H,48,53)(H,49,54);5-12,17H,1-4H3,(H,24,27). The Morgan fingerprint density at radius 2 is 1.29 bits per heavy atom. The summed E-state index contributed by atoms with van der Waals surface area (Å²) in [5.41, 5.74) is 2.36. The van der Waals surface area contributed by atoms with E-state index in [1.807, 2.05) is 57.2 Å². The minimum atomic E-state index is -1.79. The second kappa shape index (κ2) is 28.1. The van der Waals surface area contributed by atoms with E-state index in [2.05, 4.69) is 69.6 Å². The molecule has 3 N–H and O–H groups in total. The molecule has 8 rings (SSSR count). The van der Waals surface area contributed by atoms with Crippen LogP contribution in [0.15, 0.2) is 115 Å². The number of hydrogen-bond acceptors (Lipinski definition) is 12. The first-order valence-corrected chi connectivity index (χ1v) is 30.8. The van der Waals surface area contributed by atoms with Crippen LogP contribution in [0.1, 0.15) is 137 Å². The van der Waals surface area contributed by atoms with Crippen LogP contribution in [0.2, 0.25) is 10.0 Å². The maximum Gasteiger partial charge on any atom is 0.418 e. The Morgan fingerprint density at radius 3 is 1.84 bits per heavy atom. The highest BCUT2D eigenvalue weighted by Gasteiger charge is 2.59. The van der Waals surface area contributed by atoms with Crippen molar-refractivity contribution in [3.05, 3.63) is 148 Å². The summed E-state index contributed by atoms with van der Waals surface area (Å²) in [4.78, 5) is 126. The van der Waals surface area contributed by atoms with Crippen LogP contribution in [-0.2, 0) is 60.4 Å². The predicted molar refractivity (Wildman–Crippen MR) is 343 cm³/mol. The summed E-state index contributed by atoms with van der Waals surface area (Å²) in [6.45, 7) is 23.2. The SMILES string of the molecule is CCOC1C(=O)N(C(C(=O)Nc2cc(NC(=O)C(CC)Oc3ccc(C(C)(C)CC)cc3C(C)(C)CC)ccc2Cl)C(=O)C2(CC)CC2)C(=O)N1Cc1ccccc1.Cc1ccc(Cl)c(NC(=O)C(C(=O)N(C)c2ccccc2)N2C(=O)OC(C)(C)C2=O)c1. The average molecular weight is 1260 g/mol. The third kappa shape index (κ3) is 15.1. The molecular weight excluding hydrogens is 1180 g/mol. The highest BCUT2D eigenvalue weighted by atomic mass is 35.5. The van der Waals surface area contributed by atoms with Crippen LogP contribution in [-0.4, -0.2) is 112 Å². The molecule has 5 aromatic carbocycles. The highest BCUT2D eigenvalue weighted by Crippen LogP contribution is 2.51. The molecule has 19 nitrogen and oxygen atoms in total. The number of ether oxygens (including phenoxy) is 3. The first-order valence-electron chi connectivity index (χ1n) is 30.0. The van der Waals surface area contributed by atoms with Crippen LogP contribution in [0.25, 0.3) is 0 Å². The molecule has 474 valence electrons. The molecule has 9 amide bonds. The number of carbonyl (C=O) groups excluding carboxylic acids is 9. The second-order valence-electron chi connectivity index (χ2n) is 24.3. The van der Waals surface area contributed by atoms with Gasteiger partial charge in [0.2, 0.25) is 12.3 Å². The number of imide groups is 2. The van der Waals surface area contributed by atoms with Crippen molar-refractivity contribution in [2.75, 3.05) is 34.5 Å². The van der Waals surface area contributed by atoms with Crippen molar-refractivity contribution in [3.8, 4) is 5.75 Å². The van der Waals surface area contributed by atoms with Gasteiger partial charge in [-0.1, -0.05) is 145 Å². The van der Waals surface area contributed by atoms with Gasteiger partial charge in [0, 0.05) is 36.0 Å². The lowest BCUT2D eigenvalue weighted by Crippen LogP contribution is -2.56. The molecule has 2 aliphatic heterocycles. The van der Waals surface area contributed by atoms with E-state index in [-0.39, 0.29) is 45.4 Å². The number of anilines is 4. The number of para-hydroxylation sites is 1. The van der Waals surface area contributed by atoms with E-state index >= 15 is 0 Å². The Bertz CT molecular complexity index is 3500. The van der Waals surface area contributed by atoms with Gasteiger partial charge in [-0.05, 0) is 142 Å². The largest absolute Gasteiger partial charge is 0.480 e. The number of aryl methyl sites for hydroxylation is 1. The minimum absolute atomic E-state index is 0.0306. The zero-order chi connectivity index (χ0) is 65.5. The Morgan fingerprint density at radius 1 is 0.708 bits per heavy atom. The summed E-state index contributed by atoms with van der Waals surface area (Å²) >= 11 is 12.8. The molecule has 4 unspecified atom stereocenters. The van der Waals surface area contributed by atoms with Crippen LogP contribution < -0.4 is 25.6 Å². The van der Waals surface area contributed by atoms with Crippen molar-refractivity contribution in [2.24, 2.45) is 5.41 Å². The summed E-state index contributed by atoms with van der Waals surface area (Å²) in [5, 5.41) is 8.55. The summed E-state index contributed by atoms with van der Waals surface area (Å²) in [6.07, 6.45) is 0.484. The van der Waals surface area contributed by atoms with Crippen molar-refractivity contribution in [1.29, 1.82) is 0 Å². The van der Waals surface area contributed by atoms with E-state index in [9.17, 15) is 43.2 Å². The number of amides is 9. The number of likely N-dealkylation sites (N-methyl/N-ethyl adjacent to an activating group) is 1. The molecule has 2 saturated heterocycles. The number of benzene rings is 5. The number of Topliss-reactive ketones (excluding diaryl/α,β-unsaturated/α-hetero) is 1. The maximum atomic E-state index is 14.3. The molecule has 3 aliphatic rings. The monoisotopic (exact) mass is 1260 g/mol. The summed E-state index contributed by atoms with van der Waals surface area (Å²) < 4.78 is 17.3. The normalized spacial score (nSPS) is 17.0. The first kappa shape index (κ1) is 68.4. The van der Waals surface area contributed by atoms with Gasteiger partial charge in [-0.15, -0.1) is 0 Å². The lowest BCUT2D eigenvalue weighted by atomic mass is 9.76. The number of nitrogens with zero attached hydrogens (tertiary/aromatic N) is 4. The van der Waals surface area contributed by atoms with E-state index in [0.29, 0.717) is 47.7 Å². The van der Waals surface area contributed by atoms with E-state index < -0.39 is 88.8 Å². The Kier molecular flexibility index (Phi) is 21.6. The van der Waals surface area contributed by atoms with Crippen LogP contribution in [0, 0.1) is 12.3 Å². The summed E-state index contributed by atoms with van der Waals surface area (Å²) in [7, 11) is 1.45. The number of nitrogens with one attached hydrogen (secondary N) is 3. The number of cyclic esters (lactones) is 1. The van der Waals surface area contributed by atoms with E-state index in [1.54, 1.807) is 61.5 Å². The van der Waals surface area contributed by atoms with Crippen LogP contribution in [0.3, 0.4) is 0 Å². The molecule has 4 atom stereocenters. The summed E-state index contributed by atoms with van der Waals surface area (Å²) in [6, 6.07) is 29.0. The van der Waals surface area contributed by atoms with Gasteiger partial charge in [0.25, 0.3) is 35.4 Å². The van der Waals surface area contributed by atoms with Gasteiger partial charge in [0.15, 0.2) is 23.5 Å². The second-order valence-corrected chi connectivity index (χ2v) is 25.2. The van der Waals surface area contributed by atoms with E-state index in [1.165, 1.54) is 48.4 Å². The van der Waals surface area contributed by atoms with Gasteiger partial charge in [-0.3, -0.25) is 38.5 Å². The van der Waals surface area contributed by atoms with Gasteiger partial charge in [0.05, 0.1) is 28.0 Å². The maximum absolute atomic E-state index is 14.3. The fourth-order valence-corrected chi connectivity index (χ4v) is 10.7. The molecule has 0 radical (unpaired) electrons. The van der Waals surface area contributed by atoms with E-state index in [4.69, 9.17) is 37.4 Å². The number of hydrogen-bond donors (Lipinski definition) is 3. The van der Waals surface area contributed by atoms with Crippen LogP contribution in [0.4, 0.5) is 32.3 Å². The zero-order valence-corrected chi connectivity index (χ0v) is 54.4. The highest BCUT2D eigenvalue weighted by molar-refractivity contribution is 6.35. The van der Waals surface area contributed by atoms with Gasteiger partial charge in [-0.25, -0.2) is 19.4 Å². The van der Waals surface area contributed by atoms with Crippen molar-refractivity contribution in [3.63, 3.8) is 0 Å². The molecule has 0 aromatic heterocycles. The van der Waals surface area contributed by atoms with E-state index in [0.717, 1.165) is 34.4 Å². The minimum Gasteiger partial charge on any atom is -0.480 e. The first-order chi connectivity index (χ1) is 42.0. The fraction of sp³-hybridized carbons (Fsp3) is 0.426. The Labute approximate surface area is 531 Å². The molecular formula is C68H81Cl2N7O12. The topological polar surface area (TPSA) is 230 Å². The van der Waals surface area contributed by atoms with Crippen LogP contribution in [0.5, 0.6) is 5.75 Å². The molecule has 2 heterocycles. The molecule has 1 aliphatic carbocycles. The fourth-order valence-electron chi connectivity index (χ4n) is 10.4. The zero-order valence-electron chi connectivity index (χ0n) is 52.9. The van der Waals surface area contributed by atoms with Gasteiger partial charge in [0.1, 0.15) is 5.75 Å². The molecule has 0 bridgehead atoms. The summed E-state index contributed by atoms with van der Waals surface area (Å²) in [5.74, 6) is -4.43. The quantitative estimate of drug-likeness (QED) is 0.0387. The van der Waals surface area contributed by atoms with Crippen molar-refractivity contribution in [2.45, 2.75) is 169 Å². The molecule has 0 spiro atoms. The Balaban J connectivity index is 0.000000305.